The number of hydrogen-bond donors (Lipinski definition) is 2. The third-order valence-electron chi connectivity index (χ3n) is 7.66. The van der Waals surface area contributed by atoms with Crippen LogP contribution < -0.4 is 0 Å². The largest absolute Gasteiger partial charge is 0.465 e. The first-order chi connectivity index (χ1) is 15.4. The van der Waals surface area contributed by atoms with Gasteiger partial charge in [0.1, 0.15) is 5.78 Å². The summed E-state index contributed by atoms with van der Waals surface area (Å²) < 4.78 is 5.54. The third kappa shape index (κ3) is 8.32. The molecule has 2 rings (SSSR count). The molecule has 0 aliphatic heterocycles. The predicted molar refractivity (Wildman–Crippen MR) is 131 cm³/mol. The first-order valence-corrected chi connectivity index (χ1v) is 14.1. The molecule has 0 bridgehead atoms. The molecule has 6 heteroatoms. The summed E-state index contributed by atoms with van der Waals surface area (Å²) in [5.41, 5.74) is 0. The van der Waals surface area contributed by atoms with Crippen molar-refractivity contribution in [2.24, 2.45) is 23.7 Å². The summed E-state index contributed by atoms with van der Waals surface area (Å²) in [6.07, 6.45) is 9.89. The van der Waals surface area contributed by atoms with Crippen LogP contribution in [-0.4, -0.2) is 51.8 Å². The van der Waals surface area contributed by atoms with Crippen LogP contribution in [0.1, 0.15) is 97.8 Å². The van der Waals surface area contributed by atoms with Crippen LogP contribution in [0.5, 0.6) is 0 Å². The van der Waals surface area contributed by atoms with Crippen molar-refractivity contribution in [2.45, 2.75) is 115 Å². The monoisotopic (exact) mass is 470 g/mol. The summed E-state index contributed by atoms with van der Waals surface area (Å²) in [5.74, 6) is 0.328. The van der Waals surface area contributed by atoms with Crippen LogP contribution in [0.3, 0.4) is 0 Å². The molecule has 32 heavy (non-hydrogen) atoms. The normalized spacial score (nSPS) is 28.8. The minimum absolute atomic E-state index is 0.0706. The van der Waals surface area contributed by atoms with E-state index in [-0.39, 0.29) is 46.9 Å². The number of carbonyl (C=O) groups is 2. The number of ketones is 1. The van der Waals surface area contributed by atoms with E-state index >= 15 is 0 Å². The lowest BCUT2D eigenvalue weighted by Crippen LogP contribution is -2.47. The summed E-state index contributed by atoms with van der Waals surface area (Å²) in [5, 5.41) is 21.4. The number of rotatable bonds is 13. The van der Waals surface area contributed by atoms with E-state index in [4.69, 9.17) is 4.74 Å². The maximum atomic E-state index is 13.1. The molecule has 0 radical (unpaired) electrons. The minimum atomic E-state index is -0.753. The second-order valence-corrected chi connectivity index (χ2v) is 11.2. The number of ether oxygens (including phenoxy) is 1. The van der Waals surface area contributed by atoms with Crippen molar-refractivity contribution < 1.29 is 24.5 Å². The van der Waals surface area contributed by atoms with E-state index in [1.807, 2.05) is 0 Å². The van der Waals surface area contributed by atoms with E-state index in [9.17, 15) is 19.8 Å². The van der Waals surface area contributed by atoms with Gasteiger partial charge in [-0.2, -0.15) is 0 Å². The molecule has 2 saturated carbocycles. The average molecular weight is 471 g/mol. The van der Waals surface area contributed by atoms with Crippen molar-refractivity contribution in [1.82, 2.24) is 0 Å². The quantitative estimate of drug-likeness (QED) is 0.362. The highest BCUT2D eigenvalue weighted by Gasteiger charge is 2.43. The van der Waals surface area contributed by atoms with Crippen molar-refractivity contribution in [2.75, 3.05) is 12.4 Å². The summed E-state index contributed by atoms with van der Waals surface area (Å²) in [4.78, 5) is 25.5. The van der Waals surface area contributed by atoms with Gasteiger partial charge in [-0.1, -0.05) is 59.3 Å². The van der Waals surface area contributed by atoms with Gasteiger partial charge in [0.2, 0.25) is 0 Å². The van der Waals surface area contributed by atoms with Gasteiger partial charge in [-0.15, -0.1) is 11.8 Å². The molecular weight excluding hydrogens is 424 g/mol. The molecule has 0 aromatic rings. The Bertz CT molecular complexity index is 562. The Morgan fingerprint density at radius 1 is 1.00 bits per heavy atom. The number of thioether (sulfide) groups is 1. The second kappa shape index (κ2) is 14.6. The zero-order chi connectivity index (χ0) is 23.5. The van der Waals surface area contributed by atoms with E-state index < -0.39 is 12.2 Å². The molecule has 0 aromatic heterocycles. The molecular formula is C26H46O5S. The maximum Gasteiger partial charge on any atom is 0.315 e. The van der Waals surface area contributed by atoms with Crippen molar-refractivity contribution >= 4 is 23.5 Å². The fraction of sp³-hybridized carbons (Fsp3) is 0.923. The van der Waals surface area contributed by atoms with Crippen molar-refractivity contribution in [3.63, 3.8) is 0 Å². The second-order valence-electron chi connectivity index (χ2n) is 9.97. The fourth-order valence-electron chi connectivity index (χ4n) is 5.46. The van der Waals surface area contributed by atoms with Crippen LogP contribution in [-0.2, 0) is 14.3 Å². The summed E-state index contributed by atoms with van der Waals surface area (Å²) >= 11 is 1.54. The highest BCUT2D eigenvalue weighted by Crippen LogP contribution is 2.40. The van der Waals surface area contributed by atoms with E-state index in [2.05, 4.69) is 20.8 Å². The van der Waals surface area contributed by atoms with E-state index in [1.165, 1.54) is 6.42 Å². The van der Waals surface area contributed by atoms with Gasteiger partial charge in [-0.3, -0.25) is 9.59 Å². The van der Waals surface area contributed by atoms with Crippen LogP contribution >= 0.6 is 11.8 Å². The van der Waals surface area contributed by atoms with Gasteiger partial charge >= 0.3 is 5.97 Å². The Morgan fingerprint density at radius 3 is 2.34 bits per heavy atom. The standard InChI is InChI=1S/C26H46O5S/c1-4-7-11-18(5-2)16-31-25(29)17-32-24(6-3)20-14-21(23(28)15-22(20)27)26(30)19-12-9-8-10-13-19/h18-24,27-28H,4-17H2,1-3H3. The lowest BCUT2D eigenvalue weighted by atomic mass is 9.70. The molecule has 5 nitrogen and oxygen atoms in total. The molecule has 6 unspecified atom stereocenters. The van der Waals surface area contributed by atoms with Crippen molar-refractivity contribution in [3.05, 3.63) is 0 Å². The number of Topliss-reactive ketones (excluding diaryl/α,β-unsaturated/α-hetero) is 1. The van der Waals surface area contributed by atoms with Gasteiger partial charge in [-0.05, 0) is 43.9 Å². The van der Waals surface area contributed by atoms with Gasteiger partial charge in [-0.25, -0.2) is 0 Å². The van der Waals surface area contributed by atoms with E-state index in [1.54, 1.807) is 11.8 Å². The molecule has 2 fully saturated rings. The number of carbonyl (C=O) groups excluding carboxylic acids is 2. The van der Waals surface area contributed by atoms with E-state index in [0.717, 1.165) is 57.8 Å². The molecule has 0 heterocycles. The third-order valence-corrected chi connectivity index (χ3v) is 9.17. The van der Waals surface area contributed by atoms with Crippen LogP contribution in [0.15, 0.2) is 0 Å². The molecule has 2 aliphatic carbocycles. The minimum Gasteiger partial charge on any atom is -0.465 e. The number of aliphatic hydroxyl groups excluding tert-OH is 2. The molecule has 2 aliphatic rings. The number of hydrogen-bond acceptors (Lipinski definition) is 6. The first-order valence-electron chi connectivity index (χ1n) is 13.1. The predicted octanol–water partition coefficient (Wildman–Crippen LogP) is 5.16. The Morgan fingerprint density at radius 2 is 1.72 bits per heavy atom. The molecule has 6 atom stereocenters. The van der Waals surface area contributed by atoms with Gasteiger partial charge in [0.15, 0.2) is 0 Å². The average Bonchev–Trinajstić information content (AvgIpc) is 2.80. The Hall–Kier alpha value is -0.590. The SMILES string of the molecule is CCCCC(CC)COC(=O)CSC(CC)C1CC(C(=O)C2CCCCC2)C(O)CC1O. The van der Waals surface area contributed by atoms with Gasteiger partial charge in [0.05, 0.1) is 24.6 Å². The van der Waals surface area contributed by atoms with E-state index in [0.29, 0.717) is 18.9 Å². The van der Waals surface area contributed by atoms with Crippen LogP contribution in [0.4, 0.5) is 0 Å². The lowest BCUT2D eigenvalue weighted by Gasteiger charge is -2.41. The highest BCUT2D eigenvalue weighted by atomic mass is 32.2. The highest BCUT2D eigenvalue weighted by molar-refractivity contribution is 8.00. The topological polar surface area (TPSA) is 83.8 Å². The molecule has 0 spiro atoms. The fourth-order valence-corrected chi connectivity index (χ4v) is 6.67. The smallest absolute Gasteiger partial charge is 0.315 e. The lowest BCUT2D eigenvalue weighted by molar-refractivity contribution is -0.142. The number of unbranched alkanes of at least 4 members (excludes halogenated alkanes) is 1. The van der Waals surface area contributed by atoms with Gasteiger partial charge < -0.3 is 14.9 Å². The van der Waals surface area contributed by atoms with Crippen molar-refractivity contribution in [3.8, 4) is 0 Å². The summed E-state index contributed by atoms with van der Waals surface area (Å²) in [6.45, 7) is 6.87. The number of aliphatic hydroxyl groups is 2. The molecule has 0 aromatic carbocycles. The van der Waals surface area contributed by atoms with Crippen LogP contribution in [0, 0.1) is 23.7 Å². The van der Waals surface area contributed by atoms with Gasteiger partial charge in [0, 0.05) is 23.5 Å². The Labute approximate surface area is 199 Å². The van der Waals surface area contributed by atoms with Crippen LogP contribution in [0.25, 0.3) is 0 Å². The summed E-state index contributed by atoms with van der Waals surface area (Å²) in [7, 11) is 0. The van der Waals surface area contributed by atoms with Crippen LogP contribution in [0.2, 0.25) is 0 Å². The Kier molecular flexibility index (Phi) is 12.6. The first kappa shape index (κ1) is 27.7. The van der Waals surface area contributed by atoms with Crippen molar-refractivity contribution in [1.29, 1.82) is 0 Å². The molecule has 0 saturated heterocycles. The maximum absolute atomic E-state index is 13.1. The summed E-state index contributed by atoms with van der Waals surface area (Å²) in [6, 6.07) is 0. The molecule has 0 amide bonds. The zero-order valence-electron chi connectivity index (χ0n) is 20.5. The number of esters is 1. The molecule has 186 valence electrons. The van der Waals surface area contributed by atoms with Gasteiger partial charge in [0.25, 0.3) is 0 Å². The Balaban J connectivity index is 1.87. The molecule has 2 N–H and O–H groups in total. The zero-order valence-corrected chi connectivity index (χ0v) is 21.3.